The lowest BCUT2D eigenvalue weighted by molar-refractivity contribution is 0.249. The first kappa shape index (κ1) is 12.2. The van der Waals surface area contributed by atoms with Gasteiger partial charge < -0.3 is 11.5 Å². The highest BCUT2D eigenvalue weighted by Crippen LogP contribution is 2.35. The highest BCUT2D eigenvalue weighted by atomic mass is 16.2. The fourth-order valence-electron chi connectivity index (χ4n) is 3.14. The number of primary amides is 1. The van der Waals surface area contributed by atoms with Crippen molar-refractivity contribution in [3.8, 4) is 0 Å². The summed E-state index contributed by atoms with van der Waals surface area (Å²) in [6, 6.07) is 9.89. The molecular weight excluding hydrogens is 238 g/mol. The molecule has 1 aromatic carbocycles. The first-order chi connectivity index (χ1) is 9.16. The minimum absolute atomic E-state index is 0.308. The molecule has 3 rings (SSSR count). The van der Waals surface area contributed by atoms with Crippen molar-refractivity contribution >= 4 is 16.9 Å². The number of nitrogens with two attached hydrogens (primary N) is 2. The molecule has 0 bridgehead atoms. The van der Waals surface area contributed by atoms with E-state index < -0.39 is 6.03 Å². The lowest BCUT2D eigenvalue weighted by atomic mass is 9.84. The Morgan fingerprint density at radius 3 is 2.53 bits per heavy atom. The van der Waals surface area contributed by atoms with Crippen molar-refractivity contribution in [2.45, 2.75) is 37.6 Å². The smallest absolute Gasteiger partial charge is 0.323 e. The lowest BCUT2D eigenvalue weighted by Crippen LogP contribution is -2.28. The molecule has 2 aromatic rings. The van der Waals surface area contributed by atoms with E-state index in [9.17, 15) is 4.79 Å². The molecule has 0 unspecified atom stereocenters. The van der Waals surface area contributed by atoms with E-state index in [1.807, 2.05) is 24.3 Å². The van der Waals surface area contributed by atoms with Gasteiger partial charge in [0.05, 0.1) is 5.52 Å². The molecule has 1 fully saturated rings. The van der Waals surface area contributed by atoms with Crippen molar-refractivity contribution in [3.05, 3.63) is 36.0 Å². The number of hydrogen-bond acceptors (Lipinski definition) is 2. The largest absolute Gasteiger partial charge is 0.351 e. The quantitative estimate of drug-likeness (QED) is 0.824. The van der Waals surface area contributed by atoms with Crippen LogP contribution in [-0.2, 0) is 0 Å². The third kappa shape index (κ3) is 2.12. The molecule has 0 saturated heterocycles. The summed E-state index contributed by atoms with van der Waals surface area (Å²) in [5.41, 5.74) is 13.5. The van der Waals surface area contributed by atoms with Crippen LogP contribution in [0.3, 0.4) is 0 Å². The summed E-state index contributed by atoms with van der Waals surface area (Å²) in [5, 5.41) is 1.08. The van der Waals surface area contributed by atoms with E-state index in [4.69, 9.17) is 11.5 Å². The Bertz CT molecular complexity index is 609. The van der Waals surface area contributed by atoms with Crippen LogP contribution >= 0.6 is 0 Å². The SMILES string of the molecule is NC(=O)n1c(C2CCC(N)CC2)cc2ccccc21. The zero-order chi connectivity index (χ0) is 13.4. The van der Waals surface area contributed by atoms with Gasteiger partial charge in [-0.05, 0) is 43.7 Å². The Kier molecular flexibility index (Phi) is 3.03. The summed E-state index contributed by atoms with van der Waals surface area (Å²) in [4.78, 5) is 11.8. The number of carbonyl (C=O) groups is 1. The second kappa shape index (κ2) is 4.70. The maximum absolute atomic E-state index is 11.8. The monoisotopic (exact) mass is 257 g/mol. The predicted molar refractivity (Wildman–Crippen MR) is 76.1 cm³/mol. The van der Waals surface area contributed by atoms with Gasteiger partial charge in [-0.2, -0.15) is 0 Å². The number of rotatable bonds is 1. The van der Waals surface area contributed by atoms with Gasteiger partial charge in [0.2, 0.25) is 0 Å². The van der Waals surface area contributed by atoms with E-state index in [0.717, 1.165) is 42.3 Å². The van der Waals surface area contributed by atoms with Gasteiger partial charge in [0, 0.05) is 17.1 Å². The van der Waals surface area contributed by atoms with E-state index in [2.05, 4.69) is 6.07 Å². The molecule has 4 nitrogen and oxygen atoms in total. The third-order valence-electron chi connectivity index (χ3n) is 4.15. The maximum atomic E-state index is 11.8. The van der Waals surface area contributed by atoms with Crippen molar-refractivity contribution < 1.29 is 4.79 Å². The van der Waals surface area contributed by atoms with E-state index in [1.54, 1.807) is 4.57 Å². The number of carbonyl (C=O) groups excluding carboxylic acids is 1. The minimum atomic E-state index is -0.397. The summed E-state index contributed by atoms with van der Waals surface area (Å²) < 4.78 is 1.66. The fourth-order valence-corrected chi connectivity index (χ4v) is 3.14. The third-order valence-corrected chi connectivity index (χ3v) is 4.15. The van der Waals surface area contributed by atoms with E-state index in [1.165, 1.54) is 0 Å². The minimum Gasteiger partial charge on any atom is -0.351 e. The van der Waals surface area contributed by atoms with Gasteiger partial charge in [0.25, 0.3) is 0 Å². The van der Waals surface area contributed by atoms with Gasteiger partial charge in [-0.3, -0.25) is 4.57 Å². The van der Waals surface area contributed by atoms with E-state index in [0.29, 0.717) is 12.0 Å². The molecule has 4 heteroatoms. The zero-order valence-electron chi connectivity index (χ0n) is 10.9. The molecule has 0 atom stereocenters. The molecule has 0 spiro atoms. The molecule has 1 aliphatic carbocycles. The van der Waals surface area contributed by atoms with Gasteiger partial charge in [0.1, 0.15) is 0 Å². The molecule has 0 radical (unpaired) electrons. The normalized spacial score (nSPS) is 23.6. The molecule has 1 aliphatic rings. The number of fused-ring (bicyclic) bond motifs is 1. The summed E-state index contributed by atoms with van der Waals surface area (Å²) >= 11 is 0. The molecule has 1 aromatic heterocycles. The van der Waals surface area contributed by atoms with Crippen LogP contribution in [0.2, 0.25) is 0 Å². The van der Waals surface area contributed by atoms with E-state index >= 15 is 0 Å². The van der Waals surface area contributed by atoms with Crippen LogP contribution in [0.15, 0.2) is 30.3 Å². The highest BCUT2D eigenvalue weighted by Gasteiger charge is 2.25. The predicted octanol–water partition coefficient (Wildman–Crippen LogP) is 2.55. The zero-order valence-corrected chi connectivity index (χ0v) is 10.9. The molecule has 100 valence electrons. The van der Waals surface area contributed by atoms with Crippen LogP contribution in [0.5, 0.6) is 0 Å². The van der Waals surface area contributed by atoms with Crippen LogP contribution in [0.1, 0.15) is 37.3 Å². The average molecular weight is 257 g/mol. The summed E-state index contributed by atoms with van der Waals surface area (Å²) in [5.74, 6) is 0.389. The highest BCUT2D eigenvalue weighted by molar-refractivity contribution is 5.92. The van der Waals surface area contributed by atoms with Crippen molar-refractivity contribution in [2.75, 3.05) is 0 Å². The molecule has 19 heavy (non-hydrogen) atoms. The molecule has 4 N–H and O–H groups in total. The van der Waals surface area contributed by atoms with Crippen LogP contribution in [0.25, 0.3) is 10.9 Å². The van der Waals surface area contributed by atoms with Gasteiger partial charge in [0.15, 0.2) is 0 Å². The van der Waals surface area contributed by atoms with E-state index in [-0.39, 0.29) is 0 Å². The molecule has 1 amide bonds. The molecule has 1 saturated carbocycles. The second-order valence-corrected chi connectivity index (χ2v) is 5.41. The van der Waals surface area contributed by atoms with Gasteiger partial charge in [-0.25, -0.2) is 4.79 Å². The number of aromatic nitrogens is 1. The van der Waals surface area contributed by atoms with Crippen LogP contribution in [0.4, 0.5) is 4.79 Å². The Balaban J connectivity index is 2.07. The Morgan fingerprint density at radius 2 is 1.84 bits per heavy atom. The lowest BCUT2D eigenvalue weighted by Gasteiger charge is -2.26. The van der Waals surface area contributed by atoms with Gasteiger partial charge in [-0.1, -0.05) is 18.2 Å². The van der Waals surface area contributed by atoms with Crippen molar-refractivity contribution in [1.29, 1.82) is 0 Å². The first-order valence-electron chi connectivity index (χ1n) is 6.82. The standard InChI is InChI=1S/C15H19N3O/c16-12-7-5-10(6-8-12)14-9-11-3-1-2-4-13(11)18(14)15(17)19/h1-4,9-10,12H,5-8,16H2,(H2,17,19). The number of benzene rings is 1. The topological polar surface area (TPSA) is 74.0 Å². The maximum Gasteiger partial charge on any atom is 0.323 e. The first-order valence-corrected chi connectivity index (χ1v) is 6.82. The number of nitrogens with zero attached hydrogens (tertiary/aromatic N) is 1. The molecule has 1 heterocycles. The fraction of sp³-hybridized carbons (Fsp3) is 0.400. The van der Waals surface area contributed by atoms with Crippen LogP contribution in [-0.4, -0.2) is 16.6 Å². The van der Waals surface area contributed by atoms with Crippen molar-refractivity contribution in [3.63, 3.8) is 0 Å². The van der Waals surface area contributed by atoms with Crippen molar-refractivity contribution in [1.82, 2.24) is 4.57 Å². The van der Waals surface area contributed by atoms with Gasteiger partial charge >= 0.3 is 6.03 Å². The molecular formula is C15H19N3O. The Labute approximate surface area is 112 Å². The number of amides is 1. The summed E-state index contributed by atoms with van der Waals surface area (Å²) in [6.45, 7) is 0. The number of hydrogen-bond donors (Lipinski definition) is 2. The van der Waals surface area contributed by atoms with Crippen molar-refractivity contribution in [2.24, 2.45) is 11.5 Å². The van der Waals surface area contributed by atoms with Crippen LogP contribution in [0, 0.1) is 0 Å². The average Bonchev–Trinajstić information content (AvgIpc) is 2.78. The Morgan fingerprint density at radius 1 is 1.16 bits per heavy atom. The molecule has 0 aliphatic heterocycles. The second-order valence-electron chi connectivity index (χ2n) is 5.41. The number of para-hydroxylation sites is 1. The summed E-state index contributed by atoms with van der Waals surface area (Å²) in [6.07, 6.45) is 4.10. The van der Waals surface area contributed by atoms with Gasteiger partial charge in [-0.15, -0.1) is 0 Å². The summed E-state index contributed by atoms with van der Waals surface area (Å²) in [7, 11) is 0. The van der Waals surface area contributed by atoms with Crippen LogP contribution < -0.4 is 11.5 Å². The Hall–Kier alpha value is -1.81.